The molecule has 3 aromatic carbocycles. The van der Waals surface area contributed by atoms with Crippen molar-refractivity contribution in [3.8, 4) is 5.75 Å². The molecule has 10 heteroatoms. The third kappa shape index (κ3) is 3.86. The predicted octanol–water partition coefficient (Wildman–Crippen LogP) is 4.78. The second-order valence-corrected chi connectivity index (χ2v) is 7.76. The summed E-state index contributed by atoms with van der Waals surface area (Å²) in [5.41, 5.74) is 1.22. The SMILES string of the molecule is O=C1[C@H]2[C@@H](ON(c3ccccc3)[C@H]2c2ccc(OC(F)(F)F)cc2)C(=O)N1c1ccc(F)cc1. The smallest absolute Gasteiger partial charge is 0.406 e. The van der Waals surface area contributed by atoms with Crippen molar-refractivity contribution in [2.24, 2.45) is 5.92 Å². The van der Waals surface area contributed by atoms with Crippen LogP contribution < -0.4 is 14.7 Å². The van der Waals surface area contributed by atoms with Gasteiger partial charge >= 0.3 is 6.36 Å². The van der Waals surface area contributed by atoms with E-state index in [9.17, 15) is 27.2 Å². The summed E-state index contributed by atoms with van der Waals surface area (Å²) in [5, 5.41) is 1.42. The highest BCUT2D eigenvalue weighted by atomic mass is 19.4. The van der Waals surface area contributed by atoms with Crippen molar-refractivity contribution in [1.29, 1.82) is 0 Å². The first-order valence-corrected chi connectivity index (χ1v) is 10.2. The first-order chi connectivity index (χ1) is 16.2. The molecule has 2 aliphatic heterocycles. The van der Waals surface area contributed by atoms with Crippen LogP contribution in [0.5, 0.6) is 5.75 Å². The van der Waals surface area contributed by atoms with Crippen molar-refractivity contribution in [1.82, 2.24) is 0 Å². The van der Waals surface area contributed by atoms with Crippen LogP contribution in [-0.2, 0) is 14.4 Å². The summed E-state index contributed by atoms with van der Waals surface area (Å²) in [6, 6.07) is 17.9. The van der Waals surface area contributed by atoms with Crippen molar-refractivity contribution in [3.63, 3.8) is 0 Å². The molecule has 2 heterocycles. The first kappa shape index (κ1) is 21.9. The number of fused-ring (bicyclic) bond motifs is 1. The molecule has 0 saturated carbocycles. The summed E-state index contributed by atoms with van der Waals surface area (Å²) >= 11 is 0. The molecule has 0 N–H and O–H groups in total. The number of nitrogens with zero attached hydrogens (tertiary/aromatic N) is 2. The van der Waals surface area contributed by atoms with E-state index in [-0.39, 0.29) is 5.69 Å². The zero-order valence-electron chi connectivity index (χ0n) is 17.3. The minimum atomic E-state index is -4.84. The number of carbonyl (C=O) groups is 2. The third-order valence-corrected chi connectivity index (χ3v) is 5.67. The first-order valence-electron chi connectivity index (χ1n) is 10.2. The monoisotopic (exact) mass is 472 g/mol. The lowest BCUT2D eigenvalue weighted by Crippen LogP contribution is -2.37. The lowest BCUT2D eigenvalue weighted by molar-refractivity contribution is -0.274. The molecular weight excluding hydrogens is 456 g/mol. The van der Waals surface area contributed by atoms with Crippen molar-refractivity contribution in [2.45, 2.75) is 18.5 Å². The Kier molecular flexibility index (Phi) is 5.24. The van der Waals surface area contributed by atoms with Gasteiger partial charge in [-0.2, -0.15) is 0 Å². The fourth-order valence-corrected chi connectivity index (χ4v) is 4.26. The Morgan fingerprint density at radius 2 is 1.44 bits per heavy atom. The van der Waals surface area contributed by atoms with Gasteiger partial charge < -0.3 is 4.74 Å². The predicted molar refractivity (Wildman–Crippen MR) is 112 cm³/mol. The fraction of sp³-hybridized carbons (Fsp3) is 0.167. The van der Waals surface area contributed by atoms with Gasteiger partial charge in [-0.25, -0.2) is 14.4 Å². The summed E-state index contributed by atoms with van der Waals surface area (Å²) in [4.78, 5) is 33.5. The number of alkyl halides is 3. The van der Waals surface area contributed by atoms with Gasteiger partial charge in [-0.05, 0) is 54.1 Å². The number of imide groups is 1. The fourth-order valence-electron chi connectivity index (χ4n) is 4.26. The van der Waals surface area contributed by atoms with E-state index in [0.29, 0.717) is 11.3 Å². The van der Waals surface area contributed by atoms with Crippen LogP contribution in [0.15, 0.2) is 78.9 Å². The van der Waals surface area contributed by atoms with Crippen molar-refractivity contribution >= 4 is 23.2 Å². The van der Waals surface area contributed by atoms with Crippen LogP contribution >= 0.6 is 0 Å². The standard InChI is InChI=1S/C24H16F4N2O4/c25-15-8-10-16(11-9-15)29-22(31)19-20(14-6-12-18(13-7-14)33-24(26,27)28)30(34-21(19)23(29)32)17-4-2-1-3-5-17/h1-13,19-21H/t19-,20+,21-/m1/s1. The normalized spacial score (nSPS) is 22.3. The van der Waals surface area contributed by atoms with Gasteiger partial charge in [0.1, 0.15) is 17.5 Å². The highest BCUT2D eigenvalue weighted by Gasteiger charge is 2.60. The van der Waals surface area contributed by atoms with Crippen molar-refractivity contribution in [3.05, 3.63) is 90.2 Å². The zero-order chi connectivity index (χ0) is 24.0. The quantitative estimate of drug-likeness (QED) is 0.404. The van der Waals surface area contributed by atoms with Gasteiger partial charge in [-0.1, -0.05) is 30.3 Å². The van der Waals surface area contributed by atoms with E-state index in [1.165, 1.54) is 29.3 Å². The number of hydrogen-bond donors (Lipinski definition) is 0. The second-order valence-electron chi connectivity index (χ2n) is 7.76. The van der Waals surface area contributed by atoms with Crippen LogP contribution in [0.2, 0.25) is 0 Å². The molecule has 0 aliphatic carbocycles. The van der Waals surface area contributed by atoms with Crippen LogP contribution in [-0.4, -0.2) is 24.3 Å². The summed E-state index contributed by atoms with van der Waals surface area (Å²) < 4.78 is 55.0. The molecule has 2 fully saturated rings. The lowest BCUT2D eigenvalue weighted by atomic mass is 9.90. The molecule has 2 aliphatic rings. The van der Waals surface area contributed by atoms with E-state index >= 15 is 0 Å². The van der Waals surface area contributed by atoms with Gasteiger partial charge in [0.05, 0.1) is 17.4 Å². The van der Waals surface area contributed by atoms with E-state index in [2.05, 4.69) is 4.74 Å². The Bertz CT molecular complexity index is 1220. The maximum atomic E-state index is 13.4. The molecular formula is C24H16F4N2O4. The van der Waals surface area contributed by atoms with E-state index in [0.717, 1.165) is 29.2 Å². The van der Waals surface area contributed by atoms with Gasteiger partial charge in [0.15, 0.2) is 6.10 Å². The molecule has 5 rings (SSSR count). The van der Waals surface area contributed by atoms with E-state index < -0.39 is 47.8 Å². The van der Waals surface area contributed by atoms with E-state index in [4.69, 9.17) is 4.84 Å². The molecule has 3 atom stereocenters. The maximum absolute atomic E-state index is 13.4. The molecule has 6 nitrogen and oxygen atoms in total. The molecule has 0 radical (unpaired) electrons. The van der Waals surface area contributed by atoms with E-state index in [1.807, 2.05) is 0 Å². The van der Waals surface area contributed by atoms with Gasteiger partial charge in [0.2, 0.25) is 5.91 Å². The Balaban J connectivity index is 1.53. The zero-order valence-corrected chi connectivity index (χ0v) is 17.3. The number of hydrogen-bond acceptors (Lipinski definition) is 5. The number of amides is 2. The van der Waals surface area contributed by atoms with Crippen molar-refractivity contribution < 1.29 is 36.7 Å². The van der Waals surface area contributed by atoms with Crippen LogP contribution in [0.3, 0.4) is 0 Å². The summed E-state index contributed by atoms with van der Waals surface area (Å²) in [6.45, 7) is 0. The second kappa shape index (κ2) is 8.14. The van der Waals surface area contributed by atoms with Gasteiger partial charge in [0.25, 0.3) is 5.91 Å². The molecule has 3 aromatic rings. The molecule has 0 aromatic heterocycles. The average molecular weight is 472 g/mol. The summed E-state index contributed by atoms with van der Waals surface area (Å²) in [7, 11) is 0. The molecule has 0 bridgehead atoms. The van der Waals surface area contributed by atoms with Gasteiger partial charge in [-0.15, -0.1) is 13.2 Å². The number of halogens is 4. The van der Waals surface area contributed by atoms with Crippen LogP contribution in [0.4, 0.5) is 28.9 Å². The van der Waals surface area contributed by atoms with Crippen LogP contribution in [0.1, 0.15) is 11.6 Å². The molecule has 0 spiro atoms. The number of rotatable bonds is 4. The largest absolute Gasteiger partial charge is 0.573 e. The summed E-state index contributed by atoms with van der Waals surface area (Å²) in [5.74, 6) is -3.08. The Morgan fingerprint density at radius 3 is 2.06 bits per heavy atom. The maximum Gasteiger partial charge on any atom is 0.573 e. The van der Waals surface area contributed by atoms with E-state index in [1.54, 1.807) is 30.3 Å². The number of carbonyl (C=O) groups excluding carboxylic acids is 2. The topological polar surface area (TPSA) is 59.1 Å². The third-order valence-electron chi connectivity index (χ3n) is 5.67. The van der Waals surface area contributed by atoms with Crippen LogP contribution in [0, 0.1) is 11.7 Å². The molecule has 34 heavy (non-hydrogen) atoms. The molecule has 2 saturated heterocycles. The number of hydroxylamine groups is 1. The van der Waals surface area contributed by atoms with Gasteiger partial charge in [0, 0.05) is 0 Å². The lowest BCUT2D eigenvalue weighted by Gasteiger charge is -2.28. The van der Waals surface area contributed by atoms with Crippen molar-refractivity contribution in [2.75, 3.05) is 9.96 Å². The molecule has 2 amide bonds. The number of para-hydroxylation sites is 1. The Morgan fingerprint density at radius 1 is 0.794 bits per heavy atom. The Labute approximate surface area is 190 Å². The number of anilines is 2. The Hall–Kier alpha value is -3.92. The van der Waals surface area contributed by atoms with Crippen LogP contribution in [0.25, 0.3) is 0 Å². The average Bonchev–Trinajstić information content (AvgIpc) is 3.31. The minimum Gasteiger partial charge on any atom is -0.406 e. The molecule has 174 valence electrons. The van der Waals surface area contributed by atoms with Gasteiger partial charge in [-0.3, -0.25) is 14.4 Å². The summed E-state index contributed by atoms with van der Waals surface area (Å²) in [6.07, 6.45) is -6.00. The highest BCUT2D eigenvalue weighted by Crippen LogP contribution is 2.47. The molecule has 0 unspecified atom stereocenters. The minimum absolute atomic E-state index is 0.202. The number of benzene rings is 3. The highest BCUT2D eigenvalue weighted by molar-refractivity contribution is 6.23. The number of ether oxygens (including phenoxy) is 1.